The molecule has 0 radical (unpaired) electrons. The first-order chi connectivity index (χ1) is 7.52. The Morgan fingerprint density at radius 3 is 2.81 bits per heavy atom. The van der Waals surface area contributed by atoms with Gasteiger partial charge in [0.05, 0.1) is 0 Å². The lowest BCUT2D eigenvalue weighted by atomic mass is 10.2. The molecule has 1 heterocycles. The number of amides is 2. The first kappa shape index (κ1) is 12.9. The fourth-order valence-electron chi connectivity index (χ4n) is 2.05. The second-order valence-electron chi connectivity index (χ2n) is 4.30. The number of nitrogens with one attached hydrogen (secondary N) is 2. The third-order valence-corrected chi connectivity index (χ3v) is 2.89. The first-order valence-electron chi connectivity index (χ1n) is 5.53. The Kier molecular flexibility index (Phi) is 4.70. The quantitative estimate of drug-likeness (QED) is 0.326. The third-order valence-electron chi connectivity index (χ3n) is 2.89. The van der Waals surface area contributed by atoms with Crippen LogP contribution in [0.5, 0.6) is 0 Å². The summed E-state index contributed by atoms with van der Waals surface area (Å²) in [6, 6.07) is 0.364. The summed E-state index contributed by atoms with van der Waals surface area (Å²) in [5.41, 5.74) is 2.13. The number of hydrogen-bond acceptors (Lipinski definition) is 4. The molecule has 2 amide bonds. The van der Waals surface area contributed by atoms with Gasteiger partial charge in [0.2, 0.25) is 11.8 Å². The van der Waals surface area contributed by atoms with Crippen molar-refractivity contribution in [2.24, 2.45) is 5.84 Å². The van der Waals surface area contributed by atoms with Crippen LogP contribution in [0.1, 0.15) is 26.7 Å². The van der Waals surface area contributed by atoms with Crippen molar-refractivity contribution < 1.29 is 9.59 Å². The molecule has 1 aliphatic rings. The number of hydrazine groups is 1. The molecule has 1 saturated heterocycles. The van der Waals surface area contributed by atoms with Gasteiger partial charge in [-0.25, -0.2) is 5.84 Å². The topological polar surface area (TPSA) is 87.5 Å². The third kappa shape index (κ3) is 3.79. The molecule has 16 heavy (non-hydrogen) atoms. The maximum absolute atomic E-state index is 11.1. The van der Waals surface area contributed by atoms with Crippen LogP contribution in [0.2, 0.25) is 0 Å². The number of rotatable bonds is 4. The van der Waals surface area contributed by atoms with Gasteiger partial charge in [0, 0.05) is 38.5 Å². The number of likely N-dealkylation sites (tertiary alicyclic amines) is 1. The van der Waals surface area contributed by atoms with Gasteiger partial charge in [-0.1, -0.05) is 0 Å². The van der Waals surface area contributed by atoms with E-state index >= 15 is 0 Å². The average Bonchev–Trinajstić information content (AvgIpc) is 2.65. The average molecular weight is 228 g/mol. The van der Waals surface area contributed by atoms with Gasteiger partial charge in [-0.05, 0) is 13.3 Å². The summed E-state index contributed by atoms with van der Waals surface area (Å²) < 4.78 is 0. The fraction of sp³-hybridized carbons (Fsp3) is 0.800. The van der Waals surface area contributed by atoms with Crippen LogP contribution in [0, 0.1) is 0 Å². The van der Waals surface area contributed by atoms with Gasteiger partial charge in [0.1, 0.15) is 0 Å². The number of carbonyl (C=O) groups is 2. The highest BCUT2D eigenvalue weighted by atomic mass is 16.2. The van der Waals surface area contributed by atoms with E-state index in [0.717, 1.165) is 19.5 Å². The minimum Gasteiger partial charge on any atom is -0.352 e. The molecule has 0 saturated carbocycles. The van der Waals surface area contributed by atoms with Crippen molar-refractivity contribution >= 4 is 11.8 Å². The molecule has 1 rings (SSSR count). The minimum atomic E-state index is -0.157. The molecule has 0 aromatic heterocycles. The van der Waals surface area contributed by atoms with Gasteiger partial charge in [-0.2, -0.15) is 0 Å². The van der Waals surface area contributed by atoms with E-state index < -0.39 is 0 Å². The van der Waals surface area contributed by atoms with Gasteiger partial charge in [-0.3, -0.25) is 19.9 Å². The van der Waals surface area contributed by atoms with E-state index in [4.69, 9.17) is 5.84 Å². The molecule has 2 unspecified atom stereocenters. The number of carbonyl (C=O) groups excluding carboxylic acids is 2. The zero-order valence-corrected chi connectivity index (χ0v) is 9.82. The monoisotopic (exact) mass is 228 g/mol. The molecule has 4 N–H and O–H groups in total. The molecule has 2 atom stereocenters. The van der Waals surface area contributed by atoms with Crippen molar-refractivity contribution in [1.29, 1.82) is 0 Å². The first-order valence-corrected chi connectivity index (χ1v) is 5.53. The molecule has 0 spiro atoms. The van der Waals surface area contributed by atoms with E-state index in [0.29, 0.717) is 6.42 Å². The molecule has 0 aliphatic carbocycles. The summed E-state index contributed by atoms with van der Waals surface area (Å²) in [7, 11) is 0. The zero-order valence-electron chi connectivity index (χ0n) is 9.82. The van der Waals surface area contributed by atoms with E-state index in [2.05, 4.69) is 15.6 Å². The maximum Gasteiger partial charge on any atom is 0.235 e. The lowest BCUT2D eigenvalue weighted by Crippen LogP contribution is -2.41. The summed E-state index contributed by atoms with van der Waals surface area (Å²) in [5.74, 6) is 4.88. The SMILES string of the molecule is CC(=O)NC1CCN(C(C)CC(=O)NN)C1. The second kappa shape index (κ2) is 5.81. The molecule has 1 aliphatic heterocycles. The maximum atomic E-state index is 11.1. The van der Waals surface area contributed by atoms with E-state index in [9.17, 15) is 9.59 Å². The number of nitrogens with zero attached hydrogens (tertiary/aromatic N) is 1. The predicted molar refractivity (Wildman–Crippen MR) is 60.2 cm³/mol. The minimum absolute atomic E-state index is 0.000737. The van der Waals surface area contributed by atoms with Crippen molar-refractivity contribution in [3.63, 3.8) is 0 Å². The number of hydrogen-bond donors (Lipinski definition) is 3. The lowest BCUT2D eigenvalue weighted by molar-refractivity contribution is -0.122. The lowest BCUT2D eigenvalue weighted by Gasteiger charge is -2.23. The van der Waals surface area contributed by atoms with Crippen LogP contribution in [0.3, 0.4) is 0 Å². The van der Waals surface area contributed by atoms with Gasteiger partial charge in [-0.15, -0.1) is 0 Å². The highest BCUT2D eigenvalue weighted by molar-refractivity contribution is 5.75. The van der Waals surface area contributed by atoms with Crippen LogP contribution in [-0.4, -0.2) is 41.9 Å². The zero-order chi connectivity index (χ0) is 12.1. The predicted octanol–water partition coefficient (Wildman–Crippen LogP) is -1.03. The Morgan fingerprint density at radius 1 is 1.56 bits per heavy atom. The van der Waals surface area contributed by atoms with Crippen molar-refractivity contribution in [2.45, 2.75) is 38.8 Å². The Bertz CT molecular complexity index is 270. The normalized spacial score (nSPS) is 22.8. The fourth-order valence-corrected chi connectivity index (χ4v) is 2.05. The highest BCUT2D eigenvalue weighted by Gasteiger charge is 2.27. The smallest absolute Gasteiger partial charge is 0.235 e. The summed E-state index contributed by atoms with van der Waals surface area (Å²) in [5, 5.41) is 2.89. The molecule has 0 bridgehead atoms. The van der Waals surface area contributed by atoms with Gasteiger partial charge in [0.15, 0.2) is 0 Å². The Hall–Kier alpha value is -1.14. The summed E-state index contributed by atoms with van der Waals surface area (Å²) in [6.07, 6.45) is 1.33. The van der Waals surface area contributed by atoms with E-state index in [-0.39, 0.29) is 23.9 Å². The molecule has 1 fully saturated rings. The van der Waals surface area contributed by atoms with Crippen LogP contribution in [0.25, 0.3) is 0 Å². The Balaban J connectivity index is 2.34. The summed E-state index contributed by atoms with van der Waals surface area (Å²) >= 11 is 0. The van der Waals surface area contributed by atoms with Gasteiger partial charge in [0.25, 0.3) is 0 Å². The molecule has 0 aromatic rings. The van der Waals surface area contributed by atoms with E-state index in [1.807, 2.05) is 6.92 Å². The van der Waals surface area contributed by atoms with Gasteiger partial charge < -0.3 is 5.32 Å². The Labute approximate surface area is 95.5 Å². The van der Waals surface area contributed by atoms with Crippen LogP contribution < -0.4 is 16.6 Å². The molecule has 92 valence electrons. The standard InChI is InChI=1S/C10H20N4O2/c1-7(5-10(16)13-11)14-4-3-9(6-14)12-8(2)15/h7,9H,3-6,11H2,1-2H3,(H,12,15)(H,13,16). The van der Waals surface area contributed by atoms with Crippen LogP contribution in [0.15, 0.2) is 0 Å². The van der Waals surface area contributed by atoms with Crippen molar-refractivity contribution in [2.75, 3.05) is 13.1 Å². The molecule has 6 nitrogen and oxygen atoms in total. The molecule has 0 aromatic carbocycles. The van der Waals surface area contributed by atoms with Crippen LogP contribution >= 0.6 is 0 Å². The van der Waals surface area contributed by atoms with Crippen molar-refractivity contribution in [3.8, 4) is 0 Å². The largest absolute Gasteiger partial charge is 0.352 e. The summed E-state index contributed by atoms with van der Waals surface area (Å²) in [6.45, 7) is 5.22. The molecular weight excluding hydrogens is 208 g/mol. The summed E-state index contributed by atoms with van der Waals surface area (Å²) in [4.78, 5) is 24.2. The van der Waals surface area contributed by atoms with Crippen LogP contribution in [-0.2, 0) is 9.59 Å². The van der Waals surface area contributed by atoms with Crippen molar-refractivity contribution in [3.05, 3.63) is 0 Å². The van der Waals surface area contributed by atoms with Gasteiger partial charge >= 0.3 is 0 Å². The molecular formula is C10H20N4O2. The van der Waals surface area contributed by atoms with E-state index in [1.54, 1.807) is 0 Å². The second-order valence-corrected chi connectivity index (χ2v) is 4.30. The highest BCUT2D eigenvalue weighted by Crippen LogP contribution is 2.14. The van der Waals surface area contributed by atoms with Crippen LogP contribution in [0.4, 0.5) is 0 Å². The van der Waals surface area contributed by atoms with E-state index in [1.165, 1.54) is 6.92 Å². The Morgan fingerprint density at radius 2 is 2.25 bits per heavy atom. The number of nitrogens with two attached hydrogens (primary N) is 1. The van der Waals surface area contributed by atoms with Crippen molar-refractivity contribution in [1.82, 2.24) is 15.6 Å². The molecule has 6 heteroatoms.